The summed E-state index contributed by atoms with van der Waals surface area (Å²) in [6.45, 7) is 14.3. The van der Waals surface area contributed by atoms with Crippen molar-refractivity contribution in [3.8, 4) is 0 Å². The summed E-state index contributed by atoms with van der Waals surface area (Å²) in [5, 5.41) is 0. The standard InChI is InChI=1S/C24H39NO5Si/c1-8-31(9-2,10-3)30-20-16-24(7,25(17-20)22(27)29-23(4,5)6)21(26)28-18-19-14-12-11-13-15-19/h11-15,20H,8-10,16-18H2,1-7H3/t20-,24+/m0/s1. The highest BCUT2D eigenvalue weighted by Crippen LogP contribution is 2.37. The number of esters is 1. The summed E-state index contributed by atoms with van der Waals surface area (Å²) >= 11 is 0. The summed E-state index contributed by atoms with van der Waals surface area (Å²) in [4.78, 5) is 27.8. The predicted molar refractivity (Wildman–Crippen MR) is 124 cm³/mol. The summed E-state index contributed by atoms with van der Waals surface area (Å²) in [5.41, 5.74) is -0.875. The summed E-state index contributed by atoms with van der Waals surface area (Å²) in [5.74, 6) is -0.426. The molecule has 1 aliphatic heterocycles. The van der Waals surface area contributed by atoms with Crippen LogP contribution in [0.3, 0.4) is 0 Å². The Balaban J connectivity index is 2.23. The molecule has 0 aromatic heterocycles. The third kappa shape index (κ3) is 6.32. The fourth-order valence-electron chi connectivity index (χ4n) is 4.12. The zero-order valence-electron chi connectivity index (χ0n) is 20.2. The molecule has 0 N–H and O–H groups in total. The number of carbonyl (C=O) groups is 2. The Kier molecular flexibility index (Phi) is 8.33. The number of carbonyl (C=O) groups excluding carboxylic acids is 2. The van der Waals surface area contributed by atoms with E-state index in [0.717, 1.165) is 23.7 Å². The van der Waals surface area contributed by atoms with Crippen LogP contribution in [0.25, 0.3) is 0 Å². The molecule has 6 nitrogen and oxygen atoms in total. The molecule has 0 aliphatic carbocycles. The lowest BCUT2D eigenvalue weighted by Gasteiger charge is -2.34. The van der Waals surface area contributed by atoms with Gasteiger partial charge in [-0.05, 0) is 51.4 Å². The van der Waals surface area contributed by atoms with E-state index in [-0.39, 0.29) is 12.7 Å². The average Bonchev–Trinajstić information content (AvgIpc) is 3.07. The molecular weight excluding hydrogens is 410 g/mol. The Labute approximate surface area is 188 Å². The third-order valence-corrected chi connectivity index (χ3v) is 10.9. The van der Waals surface area contributed by atoms with Crippen molar-refractivity contribution in [2.24, 2.45) is 0 Å². The molecule has 0 bridgehead atoms. The Morgan fingerprint density at radius 3 is 2.19 bits per heavy atom. The Bertz CT molecular complexity index is 736. The number of likely N-dealkylation sites (tertiary alicyclic amines) is 1. The van der Waals surface area contributed by atoms with Gasteiger partial charge in [-0.2, -0.15) is 0 Å². The first kappa shape index (κ1) is 25.4. The van der Waals surface area contributed by atoms with Crippen LogP contribution in [-0.4, -0.2) is 49.1 Å². The molecule has 1 aromatic carbocycles. The first-order valence-corrected chi connectivity index (χ1v) is 13.9. The lowest BCUT2D eigenvalue weighted by Crippen LogP contribution is -2.52. The van der Waals surface area contributed by atoms with Gasteiger partial charge in [0.2, 0.25) is 0 Å². The number of hydrogen-bond donors (Lipinski definition) is 0. The molecule has 31 heavy (non-hydrogen) atoms. The van der Waals surface area contributed by atoms with E-state index in [1.807, 2.05) is 51.1 Å². The van der Waals surface area contributed by atoms with Gasteiger partial charge in [-0.3, -0.25) is 4.90 Å². The number of benzene rings is 1. The molecule has 0 unspecified atom stereocenters. The molecule has 1 aliphatic rings. The highest BCUT2D eigenvalue weighted by atomic mass is 28.4. The Morgan fingerprint density at radius 1 is 1.10 bits per heavy atom. The maximum absolute atomic E-state index is 13.2. The van der Waals surface area contributed by atoms with Crippen LogP contribution in [0.5, 0.6) is 0 Å². The molecule has 1 aromatic rings. The Morgan fingerprint density at radius 2 is 1.68 bits per heavy atom. The van der Waals surface area contributed by atoms with Crippen LogP contribution in [0.4, 0.5) is 4.79 Å². The Hall–Kier alpha value is -1.86. The number of hydrogen-bond acceptors (Lipinski definition) is 5. The van der Waals surface area contributed by atoms with E-state index in [0.29, 0.717) is 13.0 Å². The fourth-order valence-corrected chi connectivity index (χ4v) is 6.99. The van der Waals surface area contributed by atoms with Crippen LogP contribution >= 0.6 is 0 Å². The SMILES string of the molecule is CC[Si](CC)(CC)O[C@@H]1CN(C(=O)OC(C)(C)C)[C@@](C)(C(=O)OCc2ccccc2)C1. The average molecular weight is 450 g/mol. The van der Waals surface area contributed by atoms with Gasteiger partial charge in [0.1, 0.15) is 17.7 Å². The maximum atomic E-state index is 13.2. The lowest BCUT2D eigenvalue weighted by atomic mass is 9.98. The molecule has 0 saturated carbocycles. The molecule has 7 heteroatoms. The second-order valence-corrected chi connectivity index (χ2v) is 14.3. The third-order valence-electron chi connectivity index (χ3n) is 6.22. The molecule has 1 heterocycles. The van der Waals surface area contributed by atoms with Crippen molar-refractivity contribution < 1.29 is 23.5 Å². The predicted octanol–water partition coefficient (Wildman–Crippen LogP) is 5.52. The minimum Gasteiger partial charge on any atom is -0.459 e. The van der Waals surface area contributed by atoms with E-state index in [2.05, 4.69) is 20.8 Å². The quantitative estimate of drug-likeness (QED) is 0.386. The van der Waals surface area contributed by atoms with Crippen LogP contribution in [0, 0.1) is 0 Å². The second kappa shape index (κ2) is 10.2. The summed E-state index contributed by atoms with van der Waals surface area (Å²) < 4.78 is 17.9. The van der Waals surface area contributed by atoms with Gasteiger partial charge < -0.3 is 13.9 Å². The van der Waals surface area contributed by atoms with Gasteiger partial charge in [-0.1, -0.05) is 51.1 Å². The number of amides is 1. The lowest BCUT2D eigenvalue weighted by molar-refractivity contribution is -0.156. The van der Waals surface area contributed by atoms with Crippen molar-refractivity contribution in [1.29, 1.82) is 0 Å². The maximum Gasteiger partial charge on any atom is 0.411 e. The van der Waals surface area contributed by atoms with Crippen molar-refractivity contribution in [3.63, 3.8) is 0 Å². The molecule has 174 valence electrons. The van der Waals surface area contributed by atoms with E-state index < -0.39 is 31.5 Å². The van der Waals surface area contributed by atoms with Crippen molar-refractivity contribution in [2.75, 3.05) is 6.54 Å². The molecule has 1 saturated heterocycles. The smallest absolute Gasteiger partial charge is 0.411 e. The second-order valence-electron chi connectivity index (χ2n) is 9.61. The summed E-state index contributed by atoms with van der Waals surface area (Å²) in [6.07, 6.45) is -0.294. The fraction of sp³-hybridized carbons (Fsp3) is 0.667. The minimum atomic E-state index is -1.89. The first-order valence-electron chi connectivity index (χ1n) is 11.4. The summed E-state index contributed by atoms with van der Waals surface area (Å²) in [7, 11) is -1.89. The number of nitrogens with zero attached hydrogens (tertiary/aromatic N) is 1. The van der Waals surface area contributed by atoms with E-state index in [4.69, 9.17) is 13.9 Å². The highest BCUT2D eigenvalue weighted by Gasteiger charge is 2.54. The van der Waals surface area contributed by atoms with Gasteiger partial charge in [-0.25, -0.2) is 9.59 Å². The van der Waals surface area contributed by atoms with Crippen LogP contribution in [0.1, 0.15) is 60.5 Å². The largest absolute Gasteiger partial charge is 0.459 e. The van der Waals surface area contributed by atoms with Crippen LogP contribution < -0.4 is 0 Å². The van der Waals surface area contributed by atoms with E-state index in [1.165, 1.54) is 4.90 Å². The molecule has 0 spiro atoms. The molecule has 2 rings (SSSR count). The van der Waals surface area contributed by atoms with Gasteiger partial charge >= 0.3 is 12.1 Å². The van der Waals surface area contributed by atoms with Gasteiger partial charge in [0, 0.05) is 6.42 Å². The van der Waals surface area contributed by atoms with Crippen LogP contribution in [-0.2, 0) is 25.3 Å². The zero-order chi connectivity index (χ0) is 23.3. The zero-order valence-corrected chi connectivity index (χ0v) is 21.2. The topological polar surface area (TPSA) is 65.1 Å². The van der Waals surface area contributed by atoms with Gasteiger partial charge in [0.25, 0.3) is 0 Å². The monoisotopic (exact) mass is 449 g/mol. The molecule has 2 atom stereocenters. The van der Waals surface area contributed by atoms with Crippen LogP contribution in [0.2, 0.25) is 18.1 Å². The van der Waals surface area contributed by atoms with Crippen molar-refractivity contribution in [3.05, 3.63) is 35.9 Å². The number of ether oxygens (including phenoxy) is 2. The van der Waals surface area contributed by atoms with Crippen LogP contribution in [0.15, 0.2) is 30.3 Å². The van der Waals surface area contributed by atoms with E-state index in [1.54, 1.807) is 6.92 Å². The molecule has 1 amide bonds. The molecule has 1 fully saturated rings. The molecule has 0 radical (unpaired) electrons. The molecular formula is C24H39NO5Si. The van der Waals surface area contributed by atoms with E-state index in [9.17, 15) is 9.59 Å². The van der Waals surface area contributed by atoms with Crippen molar-refractivity contribution in [1.82, 2.24) is 4.90 Å². The first-order chi connectivity index (χ1) is 14.5. The number of rotatable bonds is 8. The van der Waals surface area contributed by atoms with Gasteiger partial charge in [0.15, 0.2) is 8.32 Å². The summed E-state index contributed by atoms with van der Waals surface area (Å²) in [6, 6.07) is 12.6. The van der Waals surface area contributed by atoms with E-state index >= 15 is 0 Å². The van der Waals surface area contributed by atoms with Crippen molar-refractivity contribution in [2.45, 2.75) is 96.9 Å². The normalized spacial score (nSPS) is 21.8. The van der Waals surface area contributed by atoms with Crippen molar-refractivity contribution >= 4 is 20.4 Å². The van der Waals surface area contributed by atoms with Gasteiger partial charge in [0.05, 0.1) is 12.6 Å². The minimum absolute atomic E-state index is 0.167. The highest BCUT2D eigenvalue weighted by molar-refractivity contribution is 6.73. The van der Waals surface area contributed by atoms with Gasteiger partial charge in [-0.15, -0.1) is 0 Å².